The van der Waals surface area contributed by atoms with Gasteiger partial charge in [0.1, 0.15) is 5.82 Å². The van der Waals surface area contributed by atoms with E-state index in [2.05, 4.69) is 22.1 Å². The molecule has 1 aromatic rings. The van der Waals surface area contributed by atoms with Crippen molar-refractivity contribution in [2.45, 2.75) is 50.7 Å². The van der Waals surface area contributed by atoms with Crippen molar-refractivity contribution in [2.75, 3.05) is 11.4 Å². The first-order valence-corrected chi connectivity index (χ1v) is 7.29. The Morgan fingerprint density at radius 2 is 2.11 bits per heavy atom. The molecule has 0 amide bonds. The second-order valence-electron chi connectivity index (χ2n) is 5.36. The summed E-state index contributed by atoms with van der Waals surface area (Å²) in [5, 5.41) is 4.45. The van der Waals surface area contributed by atoms with E-state index in [9.17, 15) is 0 Å². The summed E-state index contributed by atoms with van der Waals surface area (Å²) in [7, 11) is 0. The highest BCUT2D eigenvalue weighted by molar-refractivity contribution is 6.32. The minimum Gasteiger partial charge on any atom is -0.353 e. The molecule has 3 rings (SSSR count). The molecule has 0 aromatic carbocycles. The molecule has 3 nitrogen and oxygen atoms in total. The summed E-state index contributed by atoms with van der Waals surface area (Å²) in [5.41, 5.74) is 0. The molecule has 2 fully saturated rings. The molecule has 2 unspecified atom stereocenters. The summed E-state index contributed by atoms with van der Waals surface area (Å²) < 4.78 is 0. The maximum Gasteiger partial charge on any atom is 0.147 e. The van der Waals surface area contributed by atoms with E-state index in [1.807, 2.05) is 18.3 Å². The first-order valence-electron chi connectivity index (χ1n) is 6.91. The highest BCUT2D eigenvalue weighted by atomic mass is 35.5. The minimum atomic E-state index is 0.584. The lowest BCUT2D eigenvalue weighted by Gasteiger charge is -2.38. The number of anilines is 1. The van der Waals surface area contributed by atoms with Crippen LogP contribution in [0.2, 0.25) is 5.02 Å². The number of nitrogens with one attached hydrogen (secondary N) is 1. The molecule has 3 heterocycles. The Morgan fingerprint density at radius 1 is 1.39 bits per heavy atom. The zero-order chi connectivity index (χ0) is 12.5. The van der Waals surface area contributed by atoms with Crippen LogP contribution in [0.15, 0.2) is 18.3 Å². The average Bonchev–Trinajstić information content (AvgIpc) is 2.72. The summed E-state index contributed by atoms with van der Waals surface area (Å²) in [6.07, 6.45) is 6.93. The molecule has 4 heteroatoms. The molecular formula is C14H20ClN3. The lowest BCUT2D eigenvalue weighted by Crippen LogP contribution is -2.48. The van der Waals surface area contributed by atoms with Gasteiger partial charge in [0.05, 0.1) is 5.02 Å². The van der Waals surface area contributed by atoms with Gasteiger partial charge >= 0.3 is 0 Å². The van der Waals surface area contributed by atoms with Gasteiger partial charge in [-0.2, -0.15) is 0 Å². The van der Waals surface area contributed by atoms with Crippen LogP contribution in [-0.2, 0) is 0 Å². The van der Waals surface area contributed by atoms with Gasteiger partial charge in [-0.25, -0.2) is 4.98 Å². The molecule has 98 valence electrons. The van der Waals surface area contributed by atoms with E-state index >= 15 is 0 Å². The minimum absolute atomic E-state index is 0.584. The van der Waals surface area contributed by atoms with Crippen LogP contribution in [0.1, 0.15) is 32.6 Å². The lowest BCUT2D eigenvalue weighted by atomic mass is 9.98. The maximum atomic E-state index is 6.29. The van der Waals surface area contributed by atoms with Crippen LogP contribution in [0.4, 0.5) is 5.82 Å². The van der Waals surface area contributed by atoms with Gasteiger partial charge in [-0.3, -0.25) is 0 Å². The zero-order valence-electron chi connectivity index (χ0n) is 10.8. The predicted octanol–water partition coefficient (Wildman–Crippen LogP) is 2.84. The number of fused-ring (bicyclic) bond motifs is 2. The maximum absolute atomic E-state index is 6.29. The fraction of sp³-hybridized carbons (Fsp3) is 0.643. The number of pyridine rings is 1. The van der Waals surface area contributed by atoms with Crippen molar-refractivity contribution in [3.8, 4) is 0 Å². The second kappa shape index (κ2) is 5.06. The third-order valence-corrected chi connectivity index (χ3v) is 4.54. The van der Waals surface area contributed by atoms with E-state index in [0.29, 0.717) is 18.1 Å². The topological polar surface area (TPSA) is 28.2 Å². The van der Waals surface area contributed by atoms with Crippen molar-refractivity contribution in [2.24, 2.45) is 0 Å². The smallest absolute Gasteiger partial charge is 0.147 e. The van der Waals surface area contributed by atoms with Gasteiger partial charge in [-0.05, 0) is 44.7 Å². The zero-order valence-corrected chi connectivity index (χ0v) is 11.5. The number of aromatic nitrogens is 1. The fourth-order valence-corrected chi connectivity index (χ4v) is 3.68. The SMILES string of the molecule is CCN(c1ncccc1Cl)C1CC2CCC(C1)N2. The van der Waals surface area contributed by atoms with Crippen molar-refractivity contribution in [1.82, 2.24) is 10.3 Å². The fourth-order valence-electron chi connectivity index (χ4n) is 3.45. The molecule has 2 aliphatic heterocycles. The molecule has 2 saturated heterocycles. The van der Waals surface area contributed by atoms with Crippen molar-refractivity contribution in [3.05, 3.63) is 23.4 Å². The van der Waals surface area contributed by atoms with Crippen molar-refractivity contribution >= 4 is 17.4 Å². The Hall–Kier alpha value is -0.800. The first kappa shape index (κ1) is 12.2. The van der Waals surface area contributed by atoms with E-state index in [4.69, 9.17) is 11.6 Å². The molecule has 1 N–H and O–H groups in total. The summed E-state index contributed by atoms with van der Waals surface area (Å²) >= 11 is 6.29. The van der Waals surface area contributed by atoms with Crippen LogP contribution in [0.5, 0.6) is 0 Å². The Kier molecular flexibility index (Phi) is 3.44. The van der Waals surface area contributed by atoms with Crippen LogP contribution in [0.3, 0.4) is 0 Å². The van der Waals surface area contributed by atoms with Gasteiger partial charge in [-0.1, -0.05) is 11.6 Å². The van der Waals surface area contributed by atoms with Crippen molar-refractivity contribution < 1.29 is 0 Å². The largest absolute Gasteiger partial charge is 0.353 e. The standard InChI is InChI=1S/C14H20ClN3/c1-2-18(14-13(15)4-3-7-16-14)12-8-10-5-6-11(9-12)17-10/h3-4,7,10-12,17H,2,5-6,8-9H2,1H3. The molecule has 0 aliphatic carbocycles. The number of hydrogen-bond acceptors (Lipinski definition) is 3. The molecule has 2 bridgehead atoms. The molecule has 18 heavy (non-hydrogen) atoms. The molecule has 2 atom stereocenters. The quantitative estimate of drug-likeness (QED) is 0.911. The molecule has 0 spiro atoms. The van der Waals surface area contributed by atoms with Crippen LogP contribution in [-0.4, -0.2) is 29.7 Å². The van der Waals surface area contributed by atoms with Crippen LogP contribution in [0, 0.1) is 0 Å². The summed E-state index contributed by atoms with van der Waals surface area (Å²) in [4.78, 5) is 6.85. The summed E-state index contributed by atoms with van der Waals surface area (Å²) in [5.74, 6) is 0.952. The molecule has 0 radical (unpaired) electrons. The average molecular weight is 266 g/mol. The number of nitrogens with zero attached hydrogens (tertiary/aromatic N) is 2. The lowest BCUT2D eigenvalue weighted by molar-refractivity contribution is 0.348. The van der Waals surface area contributed by atoms with Crippen LogP contribution in [0.25, 0.3) is 0 Å². The third kappa shape index (κ3) is 2.21. The van der Waals surface area contributed by atoms with Gasteiger partial charge in [0, 0.05) is 30.9 Å². The molecule has 2 aliphatic rings. The van der Waals surface area contributed by atoms with Gasteiger partial charge < -0.3 is 10.2 Å². The Bertz CT molecular complexity index is 411. The number of piperidine rings is 1. The normalized spacial score (nSPS) is 30.4. The van der Waals surface area contributed by atoms with E-state index in [-0.39, 0.29) is 0 Å². The summed E-state index contributed by atoms with van der Waals surface area (Å²) in [6.45, 7) is 3.16. The van der Waals surface area contributed by atoms with Gasteiger partial charge in [0.25, 0.3) is 0 Å². The Morgan fingerprint density at radius 3 is 2.72 bits per heavy atom. The highest BCUT2D eigenvalue weighted by Gasteiger charge is 2.36. The van der Waals surface area contributed by atoms with Crippen LogP contribution < -0.4 is 10.2 Å². The first-order chi connectivity index (χ1) is 8.78. The second-order valence-corrected chi connectivity index (χ2v) is 5.77. The molecule has 1 aromatic heterocycles. The number of hydrogen-bond donors (Lipinski definition) is 1. The number of rotatable bonds is 3. The molecule has 0 saturated carbocycles. The van der Waals surface area contributed by atoms with E-state index in [1.54, 1.807) is 0 Å². The Balaban J connectivity index is 1.82. The van der Waals surface area contributed by atoms with Gasteiger partial charge in [0.15, 0.2) is 0 Å². The van der Waals surface area contributed by atoms with Gasteiger partial charge in [-0.15, -0.1) is 0 Å². The summed E-state index contributed by atoms with van der Waals surface area (Å²) in [6, 6.07) is 5.81. The van der Waals surface area contributed by atoms with Crippen molar-refractivity contribution in [1.29, 1.82) is 0 Å². The third-order valence-electron chi connectivity index (χ3n) is 4.24. The van der Waals surface area contributed by atoms with E-state index in [0.717, 1.165) is 17.4 Å². The Labute approximate surface area is 114 Å². The van der Waals surface area contributed by atoms with E-state index in [1.165, 1.54) is 25.7 Å². The van der Waals surface area contributed by atoms with Gasteiger partial charge in [0.2, 0.25) is 0 Å². The number of halogens is 1. The van der Waals surface area contributed by atoms with Crippen molar-refractivity contribution in [3.63, 3.8) is 0 Å². The van der Waals surface area contributed by atoms with E-state index < -0.39 is 0 Å². The monoisotopic (exact) mass is 265 g/mol. The molecular weight excluding hydrogens is 246 g/mol. The van der Waals surface area contributed by atoms with Crippen LogP contribution >= 0.6 is 11.6 Å². The predicted molar refractivity (Wildman–Crippen MR) is 75.2 cm³/mol. The highest BCUT2D eigenvalue weighted by Crippen LogP contribution is 2.33.